The molecule has 108 heavy (non-hydrogen) atoms. The van der Waals surface area contributed by atoms with Crippen LogP contribution in [0.1, 0.15) is 27.7 Å². The van der Waals surface area contributed by atoms with E-state index >= 15 is 0 Å². The Bertz CT molecular complexity index is 2820. The molecule has 0 saturated carbocycles. The van der Waals surface area contributed by atoms with Crippen LogP contribution in [0.4, 0.5) is 0 Å². The monoisotopic (exact) mass is 1580 g/mol. The molecule has 0 aromatic rings. The van der Waals surface area contributed by atoms with Gasteiger partial charge in [-0.25, -0.2) is 0 Å². The third-order valence-electron chi connectivity index (χ3n) is 19.9. The van der Waals surface area contributed by atoms with Crippen molar-refractivity contribution in [2.24, 2.45) is 0 Å². The smallest absolute Gasteiger partial charge is 0.217 e. The minimum Gasteiger partial charge on any atom is -0.394 e. The van der Waals surface area contributed by atoms with Gasteiger partial charge in [0.05, 0.1) is 59.0 Å². The van der Waals surface area contributed by atoms with Crippen LogP contribution in [0, 0.1) is 0 Å². The number of amides is 3. The van der Waals surface area contributed by atoms with E-state index in [1.165, 1.54) is 6.92 Å². The van der Waals surface area contributed by atoms with E-state index in [2.05, 4.69) is 16.0 Å². The Hall–Kier alpha value is -3.27. The van der Waals surface area contributed by atoms with Crippen molar-refractivity contribution < 1.29 is 223 Å². The second kappa shape index (κ2) is 38.5. The second-order valence-corrected chi connectivity index (χ2v) is 27.5. The zero-order valence-corrected chi connectivity index (χ0v) is 58.0. The average Bonchev–Trinajstić information content (AvgIpc) is 0.767. The third kappa shape index (κ3) is 19.3. The number of ether oxygens (including phenoxy) is 17. The summed E-state index contributed by atoms with van der Waals surface area (Å²) in [6.45, 7) is -4.03. The molecule has 45 atom stereocenters. The van der Waals surface area contributed by atoms with Gasteiger partial charge in [-0.2, -0.15) is 0 Å². The maximum atomic E-state index is 13.2. The Balaban J connectivity index is 0.991. The Morgan fingerprint density at radius 3 is 1.09 bits per heavy atom. The number of aliphatic hydroxyl groups is 25. The summed E-state index contributed by atoms with van der Waals surface area (Å²) in [6, 6.07) is -5.65. The van der Waals surface area contributed by atoms with Gasteiger partial charge in [0.1, 0.15) is 213 Å². The molecular weight excluding hydrogens is 1480 g/mol. The summed E-state index contributed by atoms with van der Waals surface area (Å²) < 4.78 is 99.7. The van der Waals surface area contributed by atoms with Crippen molar-refractivity contribution in [2.45, 2.75) is 304 Å². The summed E-state index contributed by atoms with van der Waals surface area (Å²) in [5, 5.41) is 282. The Morgan fingerprint density at radius 1 is 0.259 bits per heavy atom. The largest absolute Gasteiger partial charge is 0.394 e. The summed E-state index contributed by atoms with van der Waals surface area (Å²) in [7, 11) is 0. The molecule has 0 aromatic carbocycles. The predicted octanol–water partition coefficient (Wildman–Crippen LogP) is -19.2. The molecule has 48 nitrogen and oxygen atoms in total. The van der Waals surface area contributed by atoms with Gasteiger partial charge < -0.3 is 224 Å². The molecule has 626 valence electrons. The van der Waals surface area contributed by atoms with Gasteiger partial charge in [0, 0.05) is 20.8 Å². The van der Waals surface area contributed by atoms with Crippen LogP contribution in [0.2, 0.25) is 0 Å². The van der Waals surface area contributed by atoms with Gasteiger partial charge in [0.2, 0.25) is 17.7 Å². The van der Waals surface area contributed by atoms with Crippen LogP contribution in [0.3, 0.4) is 0 Å². The summed E-state index contributed by atoms with van der Waals surface area (Å²) >= 11 is 0. The zero-order valence-electron chi connectivity index (χ0n) is 58.0. The van der Waals surface area contributed by atoms with E-state index < -0.39 is 347 Å². The number of aliphatic hydroxyl groups excluding tert-OH is 25. The zero-order chi connectivity index (χ0) is 79.5. The molecule has 0 radical (unpaired) electrons. The lowest BCUT2D eigenvalue weighted by Gasteiger charge is -2.51. The van der Waals surface area contributed by atoms with Crippen LogP contribution in [-0.4, -0.2) is 474 Å². The van der Waals surface area contributed by atoms with Crippen LogP contribution in [0.15, 0.2) is 0 Å². The number of hydrogen-bond donors (Lipinski definition) is 28. The molecule has 48 heteroatoms. The molecule has 9 aliphatic heterocycles. The SMILES string of the molecule is CC(=O)N[C@H]1[C@H](O[C@H]2[C@H](O)[C@@H](NC(C)=O)C(O)O[C@@H]2CO[C@@H]2O[C@@H](C)[C@@H](O[C@@H]3O[C@H](CO)[C@H](O)[C@H](O)[C@H]3O)[C@@H](O)[C@@H]2O)O[C@H](CO)[C@@H](O[C@@H]2O[C@H](CO[C@H]3O[C@H](CO)[C@@H](O)[C@H](O)[C@@H]3O)[C@@H](O)[C@H](O[C@H]3O[C@H](CO)[C@@H](O)[C@H](O)[C@@H]3O[C@@H]3O[C@H](CO)[C@@H](O)[C@H](O[C@@H]4O[C@H](CO)[C@H](O)[C@H](O)[C@H]4O)[C@H]3NC(C)=O)[C@@H]2O)[C@@H]1O. The van der Waals surface area contributed by atoms with Crippen molar-refractivity contribution in [2.75, 3.05) is 52.9 Å². The molecule has 0 spiro atoms. The van der Waals surface area contributed by atoms with Crippen LogP contribution >= 0.6 is 0 Å². The van der Waals surface area contributed by atoms with Gasteiger partial charge in [-0.05, 0) is 6.92 Å². The first-order valence-electron chi connectivity index (χ1n) is 34.5. The summed E-state index contributed by atoms with van der Waals surface area (Å²) in [5.41, 5.74) is 0. The molecule has 28 N–H and O–H groups in total. The lowest BCUT2D eigenvalue weighted by Crippen LogP contribution is -2.71. The van der Waals surface area contributed by atoms with Crippen LogP contribution < -0.4 is 16.0 Å². The lowest BCUT2D eigenvalue weighted by molar-refractivity contribution is -0.397. The van der Waals surface area contributed by atoms with Crippen molar-refractivity contribution >= 4 is 17.7 Å². The Kier molecular flexibility index (Phi) is 31.6. The Morgan fingerprint density at radius 2 is 0.574 bits per heavy atom. The number of carbonyl (C=O) groups excluding carboxylic acids is 3. The normalized spacial score (nSPS) is 50.4. The number of carbonyl (C=O) groups is 3. The first-order valence-corrected chi connectivity index (χ1v) is 34.5. The van der Waals surface area contributed by atoms with E-state index in [9.17, 15) is 142 Å². The number of rotatable bonds is 27. The van der Waals surface area contributed by atoms with Crippen LogP contribution in [0.25, 0.3) is 0 Å². The minimum atomic E-state index is -2.52. The van der Waals surface area contributed by atoms with E-state index in [0.717, 1.165) is 20.8 Å². The third-order valence-corrected chi connectivity index (χ3v) is 19.9. The topological polar surface area (TPSA) is 750 Å². The molecule has 3 amide bonds. The van der Waals surface area contributed by atoms with Gasteiger partial charge in [-0.3, -0.25) is 14.4 Å². The highest BCUT2D eigenvalue weighted by Gasteiger charge is 2.60. The molecule has 0 bridgehead atoms. The molecule has 0 aliphatic carbocycles. The summed E-state index contributed by atoms with van der Waals surface area (Å²) in [4.78, 5) is 38.6. The van der Waals surface area contributed by atoms with Crippen LogP contribution in [0.5, 0.6) is 0 Å². The highest BCUT2D eigenvalue weighted by molar-refractivity contribution is 5.74. The molecule has 9 heterocycles. The molecule has 0 aromatic heterocycles. The van der Waals surface area contributed by atoms with Crippen molar-refractivity contribution in [3.8, 4) is 0 Å². The van der Waals surface area contributed by atoms with E-state index in [4.69, 9.17) is 80.5 Å². The molecule has 9 rings (SSSR count). The van der Waals surface area contributed by atoms with Gasteiger partial charge in [0.25, 0.3) is 0 Å². The number of hydrogen-bond acceptors (Lipinski definition) is 45. The fourth-order valence-corrected chi connectivity index (χ4v) is 13.9. The average molecular weight is 1580 g/mol. The van der Waals surface area contributed by atoms with E-state index in [1.807, 2.05) is 0 Å². The quantitative estimate of drug-likeness (QED) is 0.0363. The van der Waals surface area contributed by atoms with E-state index in [1.54, 1.807) is 0 Å². The fraction of sp³-hybridized carbons (Fsp3) is 0.950. The second-order valence-electron chi connectivity index (χ2n) is 27.5. The summed E-state index contributed by atoms with van der Waals surface area (Å²) in [5.74, 6) is -2.75. The lowest BCUT2D eigenvalue weighted by atomic mass is 9.93. The minimum absolute atomic E-state index is 0.844. The van der Waals surface area contributed by atoms with Crippen molar-refractivity contribution in [3.05, 3.63) is 0 Å². The van der Waals surface area contributed by atoms with E-state index in [0.29, 0.717) is 0 Å². The molecule has 9 fully saturated rings. The van der Waals surface area contributed by atoms with Gasteiger partial charge in [-0.15, -0.1) is 0 Å². The first-order chi connectivity index (χ1) is 51.0. The summed E-state index contributed by atoms with van der Waals surface area (Å²) in [6.07, 6.45) is -84.3. The predicted molar refractivity (Wildman–Crippen MR) is 330 cm³/mol. The van der Waals surface area contributed by atoms with Crippen molar-refractivity contribution in [3.63, 3.8) is 0 Å². The fourth-order valence-electron chi connectivity index (χ4n) is 13.9. The standard InChI is InChI=1S/C60H101N3O45/c1-13-46(103-57-42(87)37(82)29(74)18(6-65)98-57)40(85)44(89)55(94-13)93-12-24-48(34(79)25(52(91)95-24)61-14(2)70)104-53-26(62-15(3)71)35(80)47(22(10-69)101-53)105-59-45(90)50(33(78)23(102-59)11-92-56-41(86)36(81)28(73)17(5-64)97-56)107-60-51(39(84)31(76)20(8-67)100-60)108-54-27(63-16(4)72)49(32(77)21(9-68)96-54)106-58-43(88)38(83)30(75)19(7-66)99-58/h13,17-60,64-69,73-91H,5-12H2,1-4H3,(H,61,70)(H,62,71)(H,63,72)/t13-,17+,18+,19+,20+,21+,22+,23+,24+,25+,26+,27+,28+,29-,30-,31+,32+,33+,34+,35+,36-,37-,38-,39-,40-,41-,42+,43+,44-,45-,46+,47+,48+,49+,50-,51-,52?,53-,54-,55+,56-,57-,58-,59-,60+/m0/s1. The first kappa shape index (κ1) is 88.7. The Labute approximate surface area is 611 Å². The van der Waals surface area contributed by atoms with Gasteiger partial charge in [-0.1, -0.05) is 0 Å². The number of nitrogens with one attached hydrogen (secondary N) is 3. The van der Waals surface area contributed by atoms with Gasteiger partial charge in [0.15, 0.2) is 56.6 Å². The van der Waals surface area contributed by atoms with Gasteiger partial charge >= 0.3 is 0 Å². The van der Waals surface area contributed by atoms with Crippen LogP contribution in [-0.2, 0) is 94.9 Å². The molecule has 9 aliphatic rings. The highest BCUT2D eigenvalue weighted by atomic mass is 16.8. The van der Waals surface area contributed by atoms with E-state index in [-0.39, 0.29) is 0 Å². The molecule has 1 unspecified atom stereocenters. The molecule has 9 saturated heterocycles. The molecular formula is C60H101N3O45. The maximum Gasteiger partial charge on any atom is 0.217 e. The van der Waals surface area contributed by atoms with Crippen molar-refractivity contribution in [1.29, 1.82) is 0 Å². The maximum absolute atomic E-state index is 13.2. The van der Waals surface area contributed by atoms with Crippen molar-refractivity contribution in [1.82, 2.24) is 16.0 Å². The highest BCUT2D eigenvalue weighted by Crippen LogP contribution is 2.39.